The molecular weight excluding hydrogens is 276 g/mol. The minimum absolute atomic E-state index is 0.0107. The van der Waals surface area contributed by atoms with E-state index in [1.165, 1.54) is 11.8 Å². The Hall–Kier alpha value is -1.24. The van der Waals surface area contributed by atoms with Crippen LogP contribution in [0.15, 0.2) is 5.16 Å². The minimum Gasteiger partial charge on any atom is -0.481 e. The molecule has 0 amide bonds. The van der Waals surface area contributed by atoms with Gasteiger partial charge in [-0.3, -0.25) is 9.36 Å². The number of carboxylic acid groups (broad SMARTS) is 1. The Labute approximate surface area is 123 Å². The van der Waals surface area contributed by atoms with E-state index in [-0.39, 0.29) is 11.8 Å². The third kappa shape index (κ3) is 3.08. The number of anilines is 1. The van der Waals surface area contributed by atoms with E-state index in [9.17, 15) is 4.79 Å². The summed E-state index contributed by atoms with van der Waals surface area (Å²) in [5.74, 6) is 0.691. The molecule has 0 bridgehead atoms. The Balaban J connectivity index is 2.27. The first kappa shape index (κ1) is 15.2. The maximum absolute atomic E-state index is 10.7. The van der Waals surface area contributed by atoms with Crippen LogP contribution in [-0.4, -0.2) is 44.2 Å². The predicted octanol–water partition coefficient (Wildman–Crippen LogP) is 2.27. The van der Waals surface area contributed by atoms with Gasteiger partial charge in [-0.25, -0.2) is 0 Å². The van der Waals surface area contributed by atoms with Gasteiger partial charge in [-0.1, -0.05) is 18.7 Å². The summed E-state index contributed by atoms with van der Waals surface area (Å²) in [4.78, 5) is 13.0. The maximum atomic E-state index is 10.7. The van der Waals surface area contributed by atoms with Crippen molar-refractivity contribution in [2.24, 2.45) is 5.92 Å². The van der Waals surface area contributed by atoms with Crippen molar-refractivity contribution in [2.75, 3.05) is 17.2 Å². The molecule has 0 saturated carbocycles. The zero-order valence-corrected chi connectivity index (χ0v) is 13.2. The molecule has 2 heterocycles. The van der Waals surface area contributed by atoms with Crippen LogP contribution in [0.1, 0.15) is 40.2 Å². The predicted molar refractivity (Wildman–Crippen MR) is 79.4 cm³/mol. The molecule has 2 rings (SSSR count). The number of hydrogen-bond acceptors (Lipinski definition) is 5. The lowest BCUT2D eigenvalue weighted by molar-refractivity contribution is -0.133. The van der Waals surface area contributed by atoms with E-state index >= 15 is 0 Å². The molecule has 0 aliphatic carbocycles. The largest absolute Gasteiger partial charge is 0.481 e. The van der Waals surface area contributed by atoms with Crippen molar-refractivity contribution in [1.29, 1.82) is 0 Å². The molecule has 0 aromatic carbocycles. The quantitative estimate of drug-likeness (QED) is 0.841. The Kier molecular flexibility index (Phi) is 4.57. The lowest BCUT2D eigenvalue weighted by Crippen LogP contribution is -2.30. The normalized spacial score (nSPS) is 22.8. The highest BCUT2D eigenvalue weighted by Crippen LogP contribution is 2.32. The number of carboxylic acids is 1. The Morgan fingerprint density at radius 3 is 2.65 bits per heavy atom. The van der Waals surface area contributed by atoms with Crippen LogP contribution >= 0.6 is 11.8 Å². The second kappa shape index (κ2) is 6.03. The molecule has 7 heteroatoms. The number of carbonyl (C=O) groups is 1. The van der Waals surface area contributed by atoms with Crippen LogP contribution in [-0.2, 0) is 4.79 Å². The van der Waals surface area contributed by atoms with Gasteiger partial charge in [0.05, 0.1) is 5.75 Å². The van der Waals surface area contributed by atoms with Gasteiger partial charge in [0, 0.05) is 18.6 Å². The summed E-state index contributed by atoms with van der Waals surface area (Å²) in [7, 11) is 0. The maximum Gasteiger partial charge on any atom is 0.313 e. The van der Waals surface area contributed by atoms with Gasteiger partial charge in [-0.15, -0.1) is 10.2 Å². The molecule has 2 unspecified atom stereocenters. The second-order valence-electron chi connectivity index (χ2n) is 5.77. The summed E-state index contributed by atoms with van der Waals surface area (Å²) in [5.41, 5.74) is 0. The Morgan fingerprint density at radius 1 is 1.45 bits per heavy atom. The second-order valence-corrected chi connectivity index (χ2v) is 6.71. The molecule has 20 heavy (non-hydrogen) atoms. The highest BCUT2D eigenvalue weighted by atomic mass is 32.2. The first-order chi connectivity index (χ1) is 9.40. The van der Waals surface area contributed by atoms with Crippen molar-refractivity contribution < 1.29 is 9.90 Å². The standard InChI is InChI=1S/C13H22N4O2S/c1-8(2)17-12(16-6-9(3)5-10(16)4)14-15-13(17)20-7-11(18)19/h8-10H,5-7H2,1-4H3,(H,18,19). The zero-order valence-electron chi connectivity index (χ0n) is 12.4. The molecule has 1 aliphatic heterocycles. The number of thioether (sulfide) groups is 1. The minimum atomic E-state index is -0.835. The number of hydrogen-bond donors (Lipinski definition) is 1. The van der Waals surface area contributed by atoms with Crippen LogP contribution < -0.4 is 4.90 Å². The molecule has 1 aromatic rings. The smallest absolute Gasteiger partial charge is 0.313 e. The lowest BCUT2D eigenvalue weighted by atomic mass is 10.1. The number of aliphatic carboxylic acids is 1. The van der Waals surface area contributed by atoms with Crippen LogP contribution in [0.2, 0.25) is 0 Å². The Bertz CT molecular complexity index is 489. The number of aromatic nitrogens is 3. The summed E-state index contributed by atoms with van der Waals surface area (Å²) in [6.07, 6.45) is 1.16. The van der Waals surface area contributed by atoms with Crippen LogP contribution in [0.4, 0.5) is 5.95 Å². The SMILES string of the molecule is CC1CC(C)N(c2nnc(SCC(=O)O)n2C(C)C)C1. The van der Waals surface area contributed by atoms with E-state index in [0.29, 0.717) is 17.1 Å². The first-order valence-electron chi connectivity index (χ1n) is 6.96. The third-order valence-electron chi connectivity index (χ3n) is 3.53. The molecule has 112 valence electrons. The fourth-order valence-electron chi connectivity index (χ4n) is 2.72. The van der Waals surface area contributed by atoms with E-state index in [4.69, 9.17) is 5.11 Å². The van der Waals surface area contributed by atoms with Crippen molar-refractivity contribution in [3.63, 3.8) is 0 Å². The first-order valence-corrected chi connectivity index (χ1v) is 7.94. The van der Waals surface area contributed by atoms with Crippen LogP contribution in [0, 0.1) is 5.92 Å². The molecule has 0 spiro atoms. The van der Waals surface area contributed by atoms with Gasteiger partial charge in [-0.05, 0) is 33.1 Å². The van der Waals surface area contributed by atoms with Gasteiger partial charge in [-0.2, -0.15) is 0 Å². The van der Waals surface area contributed by atoms with Crippen LogP contribution in [0.25, 0.3) is 0 Å². The molecule has 1 saturated heterocycles. The monoisotopic (exact) mass is 298 g/mol. The van der Waals surface area contributed by atoms with Crippen molar-refractivity contribution in [3.05, 3.63) is 0 Å². The van der Waals surface area contributed by atoms with Gasteiger partial charge < -0.3 is 10.0 Å². The third-order valence-corrected chi connectivity index (χ3v) is 4.46. The fourth-order valence-corrected chi connectivity index (χ4v) is 3.50. The fraction of sp³-hybridized carbons (Fsp3) is 0.769. The molecule has 1 N–H and O–H groups in total. The molecule has 1 aliphatic rings. The summed E-state index contributed by atoms with van der Waals surface area (Å²) in [5, 5.41) is 18.0. The summed E-state index contributed by atoms with van der Waals surface area (Å²) >= 11 is 1.23. The van der Waals surface area contributed by atoms with E-state index in [2.05, 4.69) is 42.8 Å². The van der Waals surface area contributed by atoms with Gasteiger partial charge in [0.2, 0.25) is 5.95 Å². The molecule has 6 nitrogen and oxygen atoms in total. The highest BCUT2D eigenvalue weighted by Gasteiger charge is 2.31. The van der Waals surface area contributed by atoms with Crippen molar-refractivity contribution in [3.8, 4) is 0 Å². The molecule has 0 radical (unpaired) electrons. The number of rotatable bonds is 5. The molecule has 1 aromatic heterocycles. The van der Waals surface area contributed by atoms with Gasteiger partial charge in [0.15, 0.2) is 5.16 Å². The topological polar surface area (TPSA) is 71.2 Å². The molecular formula is C13H22N4O2S. The van der Waals surface area contributed by atoms with Crippen molar-refractivity contribution in [2.45, 2.75) is 51.4 Å². The summed E-state index contributed by atoms with van der Waals surface area (Å²) < 4.78 is 2.04. The average Bonchev–Trinajstić information content (AvgIpc) is 2.89. The van der Waals surface area contributed by atoms with Crippen molar-refractivity contribution in [1.82, 2.24) is 14.8 Å². The lowest BCUT2D eigenvalue weighted by Gasteiger charge is -2.24. The highest BCUT2D eigenvalue weighted by molar-refractivity contribution is 7.99. The van der Waals surface area contributed by atoms with E-state index < -0.39 is 5.97 Å². The van der Waals surface area contributed by atoms with E-state index in [1.807, 2.05) is 4.57 Å². The zero-order chi connectivity index (χ0) is 14.9. The van der Waals surface area contributed by atoms with Gasteiger partial charge in [0.25, 0.3) is 0 Å². The van der Waals surface area contributed by atoms with Crippen molar-refractivity contribution >= 4 is 23.7 Å². The molecule has 1 fully saturated rings. The molecule has 2 atom stereocenters. The van der Waals surface area contributed by atoms with Gasteiger partial charge in [0.1, 0.15) is 0 Å². The van der Waals surface area contributed by atoms with E-state index in [0.717, 1.165) is 18.9 Å². The summed E-state index contributed by atoms with van der Waals surface area (Å²) in [6, 6.07) is 0.656. The van der Waals surface area contributed by atoms with Crippen LogP contribution in [0.5, 0.6) is 0 Å². The summed E-state index contributed by atoms with van der Waals surface area (Å²) in [6.45, 7) is 9.57. The average molecular weight is 298 g/mol. The van der Waals surface area contributed by atoms with Crippen LogP contribution in [0.3, 0.4) is 0 Å². The van der Waals surface area contributed by atoms with E-state index in [1.54, 1.807) is 0 Å². The Morgan fingerprint density at radius 2 is 2.15 bits per heavy atom. The van der Waals surface area contributed by atoms with Gasteiger partial charge >= 0.3 is 5.97 Å². The number of nitrogens with zero attached hydrogens (tertiary/aromatic N) is 4.